The zero-order valence-electron chi connectivity index (χ0n) is 16.4. The van der Waals surface area contributed by atoms with E-state index in [-0.39, 0.29) is 11.8 Å². The number of amides is 2. The van der Waals surface area contributed by atoms with Crippen molar-refractivity contribution in [2.24, 2.45) is 0 Å². The van der Waals surface area contributed by atoms with Crippen molar-refractivity contribution in [1.82, 2.24) is 19.7 Å². The molecule has 8 heteroatoms. The second-order valence-corrected chi connectivity index (χ2v) is 7.08. The highest BCUT2D eigenvalue weighted by Crippen LogP contribution is 2.13. The fourth-order valence-corrected chi connectivity index (χ4v) is 3.09. The van der Waals surface area contributed by atoms with E-state index in [0.29, 0.717) is 37.5 Å². The lowest BCUT2D eigenvalue weighted by Gasteiger charge is -2.34. The summed E-state index contributed by atoms with van der Waals surface area (Å²) in [5.74, 6) is 0.905. The number of carbonyl (C=O) groups is 2. The zero-order valence-corrected chi connectivity index (χ0v) is 16.4. The largest absolute Gasteiger partial charge is 0.459 e. The quantitative estimate of drug-likeness (QED) is 0.730. The van der Waals surface area contributed by atoms with Crippen LogP contribution in [0.3, 0.4) is 0 Å². The first kappa shape index (κ1) is 19.9. The first-order valence-electron chi connectivity index (χ1n) is 9.51. The molecule has 2 amide bonds. The maximum absolute atomic E-state index is 12.7. The first-order valence-corrected chi connectivity index (χ1v) is 9.51. The molecule has 1 aliphatic heterocycles. The molecule has 0 spiro atoms. The number of hydrogen-bond donors (Lipinski definition) is 1. The van der Waals surface area contributed by atoms with Gasteiger partial charge in [-0.05, 0) is 51.3 Å². The second kappa shape index (κ2) is 9.36. The van der Waals surface area contributed by atoms with Crippen LogP contribution in [0.5, 0.6) is 0 Å². The van der Waals surface area contributed by atoms with Gasteiger partial charge in [0.05, 0.1) is 11.8 Å². The number of furan rings is 1. The second-order valence-electron chi connectivity index (χ2n) is 7.08. The van der Waals surface area contributed by atoms with Gasteiger partial charge in [0.15, 0.2) is 5.76 Å². The highest BCUT2D eigenvalue weighted by molar-refractivity contribution is 5.95. The average Bonchev–Trinajstić information content (AvgIpc) is 3.25. The predicted molar refractivity (Wildman–Crippen MR) is 106 cm³/mol. The topological polar surface area (TPSA) is 81.9 Å². The van der Waals surface area contributed by atoms with Crippen LogP contribution in [0.25, 0.3) is 0 Å². The Kier molecular flexibility index (Phi) is 6.65. The Morgan fingerprint density at radius 2 is 1.82 bits per heavy atom. The lowest BCUT2D eigenvalue weighted by atomic mass is 10.2. The molecule has 2 aromatic rings. The van der Waals surface area contributed by atoms with Gasteiger partial charge in [-0.3, -0.25) is 9.59 Å². The Balaban J connectivity index is 1.47. The molecule has 0 radical (unpaired) electrons. The van der Waals surface area contributed by atoms with Crippen molar-refractivity contribution in [3.05, 3.63) is 48.0 Å². The lowest BCUT2D eigenvalue weighted by Crippen LogP contribution is -2.50. The lowest BCUT2D eigenvalue weighted by molar-refractivity contribution is 0.0518. The van der Waals surface area contributed by atoms with Crippen LogP contribution in [0.4, 0.5) is 5.82 Å². The molecule has 3 heterocycles. The minimum absolute atomic E-state index is 0.0586. The number of aromatic nitrogens is 1. The van der Waals surface area contributed by atoms with Gasteiger partial charge in [0.25, 0.3) is 11.8 Å². The molecule has 0 aliphatic carbocycles. The molecule has 0 unspecified atom stereocenters. The normalized spacial score (nSPS) is 14.4. The number of pyridine rings is 1. The van der Waals surface area contributed by atoms with Crippen molar-refractivity contribution in [3.63, 3.8) is 0 Å². The molecule has 0 bridgehead atoms. The summed E-state index contributed by atoms with van der Waals surface area (Å²) in [6.45, 7) is 3.82. The molecular formula is C20H27N5O3. The summed E-state index contributed by atoms with van der Waals surface area (Å²) in [7, 11) is 4.09. The van der Waals surface area contributed by atoms with E-state index in [9.17, 15) is 9.59 Å². The van der Waals surface area contributed by atoms with Crippen LogP contribution < -0.4 is 5.32 Å². The predicted octanol–water partition coefficient (Wildman–Crippen LogP) is 1.64. The molecule has 28 heavy (non-hydrogen) atoms. The molecule has 1 saturated heterocycles. The average molecular weight is 385 g/mol. The Morgan fingerprint density at radius 3 is 2.39 bits per heavy atom. The van der Waals surface area contributed by atoms with Crippen molar-refractivity contribution in [2.45, 2.75) is 6.42 Å². The molecule has 8 nitrogen and oxygen atoms in total. The van der Waals surface area contributed by atoms with Crippen molar-refractivity contribution in [2.75, 3.05) is 58.7 Å². The van der Waals surface area contributed by atoms with Gasteiger partial charge in [-0.25, -0.2) is 4.98 Å². The monoisotopic (exact) mass is 385 g/mol. The highest BCUT2D eigenvalue weighted by atomic mass is 16.3. The van der Waals surface area contributed by atoms with Crippen LogP contribution in [0.1, 0.15) is 27.3 Å². The summed E-state index contributed by atoms with van der Waals surface area (Å²) < 4.78 is 5.16. The van der Waals surface area contributed by atoms with Crippen molar-refractivity contribution in [3.8, 4) is 0 Å². The maximum Gasteiger partial charge on any atom is 0.289 e. The number of nitrogens with one attached hydrogen (secondary N) is 1. The van der Waals surface area contributed by atoms with Crippen LogP contribution in [0, 0.1) is 0 Å². The van der Waals surface area contributed by atoms with Crippen LogP contribution >= 0.6 is 0 Å². The Labute approximate surface area is 165 Å². The molecule has 1 fully saturated rings. The summed E-state index contributed by atoms with van der Waals surface area (Å²) in [5.41, 5.74) is 0.560. The number of piperazine rings is 1. The van der Waals surface area contributed by atoms with Gasteiger partial charge >= 0.3 is 0 Å². The van der Waals surface area contributed by atoms with E-state index in [0.717, 1.165) is 25.3 Å². The fraction of sp³-hybridized carbons (Fsp3) is 0.450. The zero-order chi connectivity index (χ0) is 19.9. The van der Waals surface area contributed by atoms with E-state index in [1.165, 1.54) is 6.26 Å². The summed E-state index contributed by atoms with van der Waals surface area (Å²) in [4.78, 5) is 34.9. The molecule has 0 atom stereocenters. The third-order valence-corrected chi connectivity index (χ3v) is 4.68. The maximum atomic E-state index is 12.7. The van der Waals surface area contributed by atoms with Crippen LogP contribution in [0.15, 0.2) is 41.1 Å². The van der Waals surface area contributed by atoms with E-state index >= 15 is 0 Å². The molecule has 150 valence electrons. The number of rotatable bonds is 7. The fourth-order valence-electron chi connectivity index (χ4n) is 3.09. The third kappa shape index (κ3) is 5.10. The summed E-state index contributed by atoms with van der Waals surface area (Å²) in [6.07, 6.45) is 4.12. The molecule has 1 N–H and O–H groups in total. The third-order valence-electron chi connectivity index (χ3n) is 4.68. The molecule has 3 rings (SSSR count). The summed E-state index contributed by atoms with van der Waals surface area (Å²) >= 11 is 0. The highest BCUT2D eigenvalue weighted by Gasteiger charge is 2.26. The van der Waals surface area contributed by atoms with E-state index in [1.54, 1.807) is 34.2 Å². The van der Waals surface area contributed by atoms with Crippen LogP contribution in [0.2, 0.25) is 0 Å². The van der Waals surface area contributed by atoms with Gasteiger partial charge in [-0.15, -0.1) is 0 Å². The van der Waals surface area contributed by atoms with E-state index < -0.39 is 0 Å². The van der Waals surface area contributed by atoms with Gasteiger partial charge in [-0.2, -0.15) is 0 Å². The summed E-state index contributed by atoms with van der Waals surface area (Å²) in [5, 5.41) is 3.26. The minimum atomic E-state index is -0.136. The summed E-state index contributed by atoms with van der Waals surface area (Å²) in [6, 6.07) is 6.98. The van der Waals surface area contributed by atoms with E-state index in [1.807, 2.05) is 20.2 Å². The van der Waals surface area contributed by atoms with Gasteiger partial charge < -0.3 is 24.4 Å². The Bertz CT molecular complexity index is 766. The van der Waals surface area contributed by atoms with Crippen LogP contribution in [-0.2, 0) is 0 Å². The first-order chi connectivity index (χ1) is 13.5. The number of nitrogens with zero attached hydrogens (tertiary/aromatic N) is 4. The van der Waals surface area contributed by atoms with Gasteiger partial charge in [0, 0.05) is 38.9 Å². The van der Waals surface area contributed by atoms with Gasteiger partial charge in [0.1, 0.15) is 5.82 Å². The van der Waals surface area contributed by atoms with Gasteiger partial charge in [-0.1, -0.05) is 0 Å². The van der Waals surface area contributed by atoms with E-state index in [4.69, 9.17) is 4.42 Å². The molecular weight excluding hydrogens is 358 g/mol. The smallest absolute Gasteiger partial charge is 0.289 e. The Hall–Kier alpha value is -2.87. The van der Waals surface area contributed by atoms with Crippen molar-refractivity contribution < 1.29 is 14.0 Å². The van der Waals surface area contributed by atoms with E-state index in [2.05, 4.69) is 15.2 Å². The SMILES string of the molecule is CN(C)CCCNc1ccc(C(=O)N2CCN(C(=O)c3ccco3)CC2)cn1. The van der Waals surface area contributed by atoms with Crippen LogP contribution in [-0.4, -0.2) is 84.9 Å². The number of anilines is 1. The standard InChI is InChI=1S/C20H27N5O3/c1-23(2)9-4-8-21-18-7-6-16(15-22-18)19(26)24-10-12-25(13-11-24)20(27)17-5-3-14-28-17/h3,5-7,14-15H,4,8-13H2,1-2H3,(H,21,22). The number of hydrogen-bond acceptors (Lipinski definition) is 6. The molecule has 2 aromatic heterocycles. The molecule has 1 aliphatic rings. The van der Waals surface area contributed by atoms with Gasteiger partial charge in [0.2, 0.25) is 0 Å². The molecule has 0 saturated carbocycles. The minimum Gasteiger partial charge on any atom is -0.459 e. The Morgan fingerprint density at radius 1 is 1.11 bits per heavy atom. The molecule has 0 aromatic carbocycles. The van der Waals surface area contributed by atoms with Crippen molar-refractivity contribution in [1.29, 1.82) is 0 Å². The number of carbonyl (C=O) groups excluding carboxylic acids is 2. The van der Waals surface area contributed by atoms with Crippen molar-refractivity contribution >= 4 is 17.6 Å².